The fraction of sp³-hybridized carbons (Fsp3) is 0.217. The van der Waals surface area contributed by atoms with Gasteiger partial charge in [0.15, 0.2) is 0 Å². The summed E-state index contributed by atoms with van der Waals surface area (Å²) in [5, 5.41) is 13.2. The molecule has 1 saturated heterocycles. The summed E-state index contributed by atoms with van der Waals surface area (Å²) in [4.78, 5) is 17.4. The van der Waals surface area contributed by atoms with E-state index in [1.807, 2.05) is 37.3 Å². The Labute approximate surface area is 174 Å². The molecule has 0 bridgehead atoms. The van der Waals surface area contributed by atoms with Crippen molar-refractivity contribution in [3.8, 4) is 11.1 Å². The lowest BCUT2D eigenvalue weighted by molar-refractivity contribution is -0.139. The van der Waals surface area contributed by atoms with E-state index >= 15 is 0 Å². The first-order valence-electron chi connectivity index (χ1n) is 9.34. The number of pyridine rings is 1. The Hall–Kier alpha value is -2.73. The van der Waals surface area contributed by atoms with E-state index in [1.54, 1.807) is 30.5 Å². The average molecular weight is 409 g/mol. The number of halogens is 1. The highest BCUT2D eigenvalue weighted by Gasteiger charge is 2.47. The van der Waals surface area contributed by atoms with Gasteiger partial charge in [-0.15, -0.1) is 0 Å². The van der Waals surface area contributed by atoms with Crippen LogP contribution in [0.1, 0.15) is 16.8 Å². The topological polar surface area (TPSA) is 71.5 Å². The summed E-state index contributed by atoms with van der Waals surface area (Å²) in [5.74, 6) is -0.105. The van der Waals surface area contributed by atoms with Crippen LogP contribution >= 0.6 is 11.6 Å². The minimum Gasteiger partial charge on any atom is -0.392 e. The summed E-state index contributed by atoms with van der Waals surface area (Å²) in [5.41, 5.74) is 4.38. The summed E-state index contributed by atoms with van der Waals surface area (Å²) in [6.45, 7) is 2.51. The summed E-state index contributed by atoms with van der Waals surface area (Å²) >= 11 is 5.92. The monoisotopic (exact) mass is 408 g/mol. The molecular formula is C23H21ClN2O3. The zero-order valence-corrected chi connectivity index (χ0v) is 16.7. The van der Waals surface area contributed by atoms with Gasteiger partial charge in [-0.1, -0.05) is 35.9 Å². The van der Waals surface area contributed by atoms with Gasteiger partial charge in [0.25, 0.3) is 0 Å². The number of aliphatic hydroxyl groups is 1. The van der Waals surface area contributed by atoms with Crippen LogP contribution < -0.4 is 5.32 Å². The molecule has 0 unspecified atom stereocenters. The highest BCUT2D eigenvalue weighted by molar-refractivity contribution is 6.30. The van der Waals surface area contributed by atoms with Crippen LogP contribution in [0.15, 0.2) is 60.8 Å². The minimum absolute atomic E-state index is 0.0538. The van der Waals surface area contributed by atoms with Crippen LogP contribution in [0, 0.1) is 6.92 Å². The Morgan fingerprint density at radius 1 is 1.17 bits per heavy atom. The Morgan fingerprint density at radius 2 is 1.86 bits per heavy atom. The fourth-order valence-electron chi connectivity index (χ4n) is 3.50. The van der Waals surface area contributed by atoms with Crippen LogP contribution in [-0.2, 0) is 21.6 Å². The SMILES string of the molecule is Cc1cc(CO)c(-c2ccc(C3(C(=O)Nc4ccc(Cl)cc4)COC3)cc2)cn1. The lowest BCUT2D eigenvalue weighted by Crippen LogP contribution is -2.55. The van der Waals surface area contributed by atoms with Crippen LogP contribution in [0.5, 0.6) is 0 Å². The zero-order valence-electron chi connectivity index (χ0n) is 16.0. The largest absolute Gasteiger partial charge is 0.392 e. The van der Waals surface area contributed by atoms with Gasteiger partial charge in [-0.3, -0.25) is 9.78 Å². The first-order chi connectivity index (χ1) is 14.0. The second kappa shape index (κ2) is 7.95. The first-order valence-corrected chi connectivity index (χ1v) is 9.72. The lowest BCUT2D eigenvalue weighted by Gasteiger charge is -2.40. The molecule has 5 nitrogen and oxygen atoms in total. The third-order valence-electron chi connectivity index (χ3n) is 5.28. The van der Waals surface area contributed by atoms with E-state index in [4.69, 9.17) is 16.3 Å². The van der Waals surface area contributed by atoms with Crippen molar-refractivity contribution in [2.45, 2.75) is 18.9 Å². The van der Waals surface area contributed by atoms with Crippen LogP contribution in [0.3, 0.4) is 0 Å². The van der Waals surface area contributed by atoms with Gasteiger partial charge in [0.05, 0.1) is 19.8 Å². The molecule has 148 valence electrons. The molecule has 2 N–H and O–H groups in total. The number of hydrogen-bond acceptors (Lipinski definition) is 4. The van der Waals surface area contributed by atoms with Gasteiger partial charge in [0, 0.05) is 28.2 Å². The Morgan fingerprint density at radius 3 is 2.45 bits per heavy atom. The molecule has 1 amide bonds. The van der Waals surface area contributed by atoms with E-state index in [1.165, 1.54) is 0 Å². The number of amides is 1. The van der Waals surface area contributed by atoms with Gasteiger partial charge in [0.2, 0.25) is 5.91 Å². The van der Waals surface area contributed by atoms with Crippen molar-refractivity contribution in [2.75, 3.05) is 18.5 Å². The maximum atomic E-state index is 13.0. The molecule has 1 aromatic heterocycles. The molecule has 1 aliphatic rings. The normalized spacial score (nSPS) is 14.9. The number of rotatable bonds is 5. The number of anilines is 1. The van der Waals surface area contributed by atoms with Crippen LogP contribution in [-0.4, -0.2) is 29.2 Å². The highest BCUT2D eigenvalue weighted by Crippen LogP contribution is 2.35. The molecule has 0 aliphatic carbocycles. The van der Waals surface area contributed by atoms with E-state index in [0.29, 0.717) is 23.9 Å². The molecule has 0 spiro atoms. The number of aromatic nitrogens is 1. The standard InChI is InChI=1S/C23H21ClN2O3/c1-15-10-17(12-27)21(11-25-15)16-2-4-18(5-3-16)23(13-29-14-23)22(28)26-20-8-6-19(24)7-9-20/h2-11,27H,12-14H2,1H3,(H,26,28). The number of nitrogens with one attached hydrogen (secondary N) is 1. The number of aliphatic hydroxyl groups excluding tert-OH is 1. The lowest BCUT2D eigenvalue weighted by atomic mass is 9.77. The van der Waals surface area contributed by atoms with Gasteiger partial charge in [0.1, 0.15) is 5.41 Å². The Kier molecular flexibility index (Phi) is 5.37. The van der Waals surface area contributed by atoms with Crippen molar-refractivity contribution in [3.05, 3.63) is 82.6 Å². The second-order valence-electron chi connectivity index (χ2n) is 7.25. The Balaban J connectivity index is 1.60. The van der Waals surface area contributed by atoms with Crippen molar-refractivity contribution in [2.24, 2.45) is 0 Å². The number of carbonyl (C=O) groups excluding carboxylic acids is 1. The number of ether oxygens (including phenoxy) is 1. The van der Waals surface area contributed by atoms with Crippen molar-refractivity contribution < 1.29 is 14.6 Å². The molecule has 2 aromatic carbocycles. The molecule has 2 heterocycles. The molecule has 3 aromatic rings. The summed E-state index contributed by atoms with van der Waals surface area (Å²) in [6.07, 6.45) is 1.77. The molecule has 6 heteroatoms. The van der Waals surface area contributed by atoms with Gasteiger partial charge in [-0.2, -0.15) is 0 Å². The molecule has 1 aliphatic heterocycles. The minimum atomic E-state index is -0.719. The van der Waals surface area contributed by atoms with Crippen molar-refractivity contribution in [1.29, 1.82) is 0 Å². The highest BCUT2D eigenvalue weighted by atomic mass is 35.5. The predicted octanol–water partition coefficient (Wildman–Crippen LogP) is 4.11. The van der Waals surface area contributed by atoms with E-state index in [-0.39, 0.29) is 12.5 Å². The summed E-state index contributed by atoms with van der Waals surface area (Å²) < 4.78 is 5.41. The third-order valence-corrected chi connectivity index (χ3v) is 5.53. The number of aryl methyl sites for hydroxylation is 1. The van der Waals surface area contributed by atoms with Gasteiger partial charge in [-0.05, 0) is 53.9 Å². The average Bonchev–Trinajstić information content (AvgIpc) is 2.69. The second-order valence-corrected chi connectivity index (χ2v) is 7.69. The predicted molar refractivity (Wildman–Crippen MR) is 113 cm³/mol. The zero-order chi connectivity index (χ0) is 20.4. The van der Waals surface area contributed by atoms with Crippen LogP contribution in [0.2, 0.25) is 5.02 Å². The van der Waals surface area contributed by atoms with E-state index in [9.17, 15) is 9.90 Å². The van der Waals surface area contributed by atoms with Crippen LogP contribution in [0.4, 0.5) is 5.69 Å². The first kappa shape index (κ1) is 19.6. The van der Waals surface area contributed by atoms with Gasteiger partial charge >= 0.3 is 0 Å². The molecule has 0 atom stereocenters. The third kappa shape index (κ3) is 3.77. The van der Waals surface area contributed by atoms with Crippen molar-refractivity contribution >= 4 is 23.2 Å². The summed E-state index contributed by atoms with van der Waals surface area (Å²) in [6, 6.07) is 16.7. The quantitative estimate of drug-likeness (QED) is 0.666. The Bertz CT molecular complexity index is 1030. The smallest absolute Gasteiger partial charge is 0.239 e. The number of hydrogen-bond donors (Lipinski definition) is 2. The fourth-order valence-corrected chi connectivity index (χ4v) is 3.62. The molecule has 0 radical (unpaired) electrons. The van der Waals surface area contributed by atoms with Gasteiger partial charge in [-0.25, -0.2) is 0 Å². The summed E-state index contributed by atoms with van der Waals surface area (Å²) in [7, 11) is 0. The molecule has 0 saturated carbocycles. The molecular weight excluding hydrogens is 388 g/mol. The van der Waals surface area contributed by atoms with E-state index < -0.39 is 5.41 Å². The van der Waals surface area contributed by atoms with Crippen molar-refractivity contribution in [1.82, 2.24) is 4.98 Å². The maximum Gasteiger partial charge on any atom is 0.239 e. The molecule has 1 fully saturated rings. The number of nitrogens with zero attached hydrogens (tertiary/aromatic N) is 1. The molecule has 4 rings (SSSR count). The van der Waals surface area contributed by atoms with E-state index in [0.717, 1.165) is 27.9 Å². The number of benzene rings is 2. The van der Waals surface area contributed by atoms with Gasteiger partial charge < -0.3 is 15.2 Å². The number of carbonyl (C=O) groups is 1. The maximum absolute atomic E-state index is 13.0. The molecule has 29 heavy (non-hydrogen) atoms. The van der Waals surface area contributed by atoms with E-state index in [2.05, 4.69) is 10.3 Å². The van der Waals surface area contributed by atoms with Crippen molar-refractivity contribution in [3.63, 3.8) is 0 Å². The van der Waals surface area contributed by atoms with Crippen LogP contribution in [0.25, 0.3) is 11.1 Å².